The number of fused-ring (bicyclic) bond motifs is 1. The number of hydrogen-bond donors (Lipinski definition) is 1. The Morgan fingerprint density at radius 3 is 2.86 bits per heavy atom. The molecule has 0 bridgehead atoms. The number of nitrogens with zero attached hydrogens (tertiary/aromatic N) is 2. The monoisotopic (exact) mass is 289 g/mol. The fourth-order valence-electron chi connectivity index (χ4n) is 2.76. The van der Waals surface area contributed by atoms with Crippen LogP contribution in [-0.4, -0.2) is 68.0 Å². The molecule has 1 N–H and O–H groups in total. The quantitative estimate of drug-likeness (QED) is 0.850. The van der Waals surface area contributed by atoms with Gasteiger partial charge in [0.15, 0.2) is 5.78 Å². The van der Waals surface area contributed by atoms with Crippen molar-refractivity contribution in [1.82, 2.24) is 9.80 Å². The van der Waals surface area contributed by atoms with Crippen LogP contribution in [0.5, 0.6) is 5.75 Å². The number of rotatable bonds is 3. The smallest absolute Gasteiger partial charge is 0.176 e. The third-order valence-electron chi connectivity index (χ3n) is 4.17. The Labute approximate surface area is 125 Å². The number of carbonyl (C=O) groups is 1. The van der Waals surface area contributed by atoms with E-state index in [1.165, 1.54) is 0 Å². The van der Waals surface area contributed by atoms with Crippen LogP contribution in [0.3, 0.4) is 0 Å². The third-order valence-corrected chi connectivity index (χ3v) is 4.17. The van der Waals surface area contributed by atoms with E-state index in [1.807, 2.05) is 25.1 Å². The molecule has 114 valence electrons. The fourth-order valence-corrected chi connectivity index (χ4v) is 2.76. The normalized spacial score (nSPS) is 23.0. The molecule has 1 fully saturated rings. The molecule has 0 radical (unpaired) electrons. The Morgan fingerprint density at radius 2 is 2.10 bits per heavy atom. The first-order valence-electron chi connectivity index (χ1n) is 7.60. The lowest BCUT2D eigenvalue weighted by molar-refractivity contribution is 0.0876. The first-order valence-corrected chi connectivity index (χ1v) is 7.60. The van der Waals surface area contributed by atoms with Crippen LogP contribution in [0.1, 0.15) is 17.3 Å². The van der Waals surface area contributed by atoms with Crippen molar-refractivity contribution in [3.8, 4) is 5.75 Å². The zero-order valence-corrected chi connectivity index (χ0v) is 12.8. The Hall–Kier alpha value is -1.59. The molecule has 1 saturated heterocycles. The van der Waals surface area contributed by atoms with Crippen molar-refractivity contribution < 1.29 is 9.53 Å². The second-order valence-electron chi connectivity index (χ2n) is 6.02. The molecule has 0 saturated carbocycles. The lowest BCUT2D eigenvalue weighted by Crippen LogP contribution is -2.46. The summed E-state index contributed by atoms with van der Waals surface area (Å²) in [7, 11) is 2.12. The van der Waals surface area contributed by atoms with E-state index < -0.39 is 0 Å². The summed E-state index contributed by atoms with van der Waals surface area (Å²) in [5, 5.41) is 3.32. The summed E-state index contributed by atoms with van der Waals surface area (Å²) in [6.45, 7) is 7.31. The molecule has 2 aliphatic heterocycles. The van der Waals surface area contributed by atoms with Gasteiger partial charge in [-0.25, -0.2) is 0 Å². The summed E-state index contributed by atoms with van der Waals surface area (Å²) in [5.74, 6) is 1.02. The zero-order valence-electron chi connectivity index (χ0n) is 12.8. The van der Waals surface area contributed by atoms with Gasteiger partial charge < -0.3 is 15.0 Å². The maximum absolute atomic E-state index is 12.4. The lowest BCUT2D eigenvalue weighted by atomic mass is 10.1. The number of nitrogens with one attached hydrogen (secondary N) is 1. The summed E-state index contributed by atoms with van der Waals surface area (Å²) in [4.78, 5) is 16.9. The van der Waals surface area contributed by atoms with Crippen molar-refractivity contribution in [2.75, 3.05) is 51.6 Å². The van der Waals surface area contributed by atoms with E-state index in [2.05, 4.69) is 22.2 Å². The van der Waals surface area contributed by atoms with Gasteiger partial charge in [-0.15, -0.1) is 0 Å². The topological polar surface area (TPSA) is 44.8 Å². The average Bonchev–Trinajstić information content (AvgIpc) is 2.49. The van der Waals surface area contributed by atoms with Gasteiger partial charge in [-0.3, -0.25) is 9.69 Å². The van der Waals surface area contributed by atoms with Crippen LogP contribution >= 0.6 is 0 Å². The number of Topliss-reactive ketones (excluding diaryl/α,β-unsaturated/α-hetero) is 1. The fraction of sp³-hybridized carbons (Fsp3) is 0.562. The van der Waals surface area contributed by atoms with Gasteiger partial charge in [-0.1, -0.05) is 0 Å². The largest absolute Gasteiger partial charge is 0.487 e. The first-order chi connectivity index (χ1) is 10.1. The highest BCUT2D eigenvalue weighted by Crippen LogP contribution is 2.30. The number of anilines is 1. The summed E-state index contributed by atoms with van der Waals surface area (Å²) in [6, 6.07) is 5.69. The van der Waals surface area contributed by atoms with Gasteiger partial charge in [0.05, 0.1) is 18.8 Å². The van der Waals surface area contributed by atoms with Crippen molar-refractivity contribution in [3.63, 3.8) is 0 Å². The molecule has 5 nitrogen and oxygen atoms in total. The Kier molecular flexibility index (Phi) is 4.12. The molecule has 0 aromatic heterocycles. The maximum atomic E-state index is 12.4. The summed E-state index contributed by atoms with van der Waals surface area (Å²) in [5.41, 5.74) is 1.69. The van der Waals surface area contributed by atoms with E-state index in [-0.39, 0.29) is 11.9 Å². The lowest BCUT2D eigenvalue weighted by Gasteiger charge is -2.31. The number of piperazine rings is 1. The standard InChI is InChI=1S/C16H23N3O2/c1-12-10-17-14-9-13(3-4-16(14)21-12)15(20)11-19-7-5-18(2)6-8-19/h3-4,9,12,17H,5-8,10-11H2,1-2H3. The third kappa shape index (κ3) is 3.36. The van der Waals surface area contributed by atoms with E-state index in [0.717, 1.165) is 49.7 Å². The zero-order chi connectivity index (χ0) is 14.8. The van der Waals surface area contributed by atoms with Crippen molar-refractivity contribution >= 4 is 11.5 Å². The number of benzene rings is 1. The molecule has 0 amide bonds. The van der Waals surface area contributed by atoms with E-state index >= 15 is 0 Å². The van der Waals surface area contributed by atoms with E-state index in [0.29, 0.717) is 6.54 Å². The van der Waals surface area contributed by atoms with Crippen LogP contribution in [-0.2, 0) is 0 Å². The summed E-state index contributed by atoms with van der Waals surface area (Å²) >= 11 is 0. The van der Waals surface area contributed by atoms with Gasteiger partial charge in [0.2, 0.25) is 0 Å². The highest BCUT2D eigenvalue weighted by Gasteiger charge is 2.20. The Morgan fingerprint density at radius 1 is 1.33 bits per heavy atom. The molecule has 2 heterocycles. The molecule has 3 rings (SSSR count). The second-order valence-corrected chi connectivity index (χ2v) is 6.02. The minimum Gasteiger partial charge on any atom is -0.487 e. The van der Waals surface area contributed by atoms with Crippen molar-refractivity contribution in [1.29, 1.82) is 0 Å². The molecular weight excluding hydrogens is 266 g/mol. The predicted molar refractivity (Wildman–Crippen MR) is 83.3 cm³/mol. The van der Waals surface area contributed by atoms with Crippen LogP contribution in [0.2, 0.25) is 0 Å². The number of carbonyl (C=O) groups excluding carboxylic acids is 1. The van der Waals surface area contributed by atoms with Crippen molar-refractivity contribution in [2.45, 2.75) is 13.0 Å². The minimum absolute atomic E-state index is 0.171. The van der Waals surface area contributed by atoms with E-state index in [1.54, 1.807) is 0 Å². The van der Waals surface area contributed by atoms with Gasteiger partial charge in [-0.05, 0) is 32.2 Å². The van der Waals surface area contributed by atoms with Crippen LogP contribution in [0.4, 0.5) is 5.69 Å². The molecule has 1 aromatic carbocycles. The van der Waals surface area contributed by atoms with Gasteiger partial charge in [0, 0.05) is 31.7 Å². The van der Waals surface area contributed by atoms with Crippen LogP contribution in [0.15, 0.2) is 18.2 Å². The summed E-state index contributed by atoms with van der Waals surface area (Å²) in [6.07, 6.45) is 0.171. The van der Waals surface area contributed by atoms with Gasteiger partial charge in [0.1, 0.15) is 11.9 Å². The highest BCUT2D eigenvalue weighted by atomic mass is 16.5. The SMILES string of the molecule is CC1CNc2cc(C(=O)CN3CCN(C)CC3)ccc2O1. The van der Waals surface area contributed by atoms with Gasteiger partial charge in [-0.2, -0.15) is 0 Å². The van der Waals surface area contributed by atoms with Crippen molar-refractivity contribution in [2.24, 2.45) is 0 Å². The van der Waals surface area contributed by atoms with Crippen LogP contribution in [0.25, 0.3) is 0 Å². The first kappa shape index (κ1) is 14.4. The molecule has 1 aromatic rings. The highest BCUT2D eigenvalue weighted by molar-refractivity contribution is 5.98. The number of hydrogen-bond acceptors (Lipinski definition) is 5. The van der Waals surface area contributed by atoms with Crippen LogP contribution in [0, 0.1) is 0 Å². The average molecular weight is 289 g/mol. The van der Waals surface area contributed by atoms with Gasteiger partial charge in [0.25, 0.3) is 0 Å². The number of ketones is 1. The molecule has 0 spiro atoms. The van der Waals surface area contributed by atoms with Gasteiger partial charge >= 0.3 is 0 Å². The molecule has 1 atom stereocenters. The summed E-state index contributed by atoms with van der Waals surface area (Å²) < 4.78 is 5.74. The Balaban J connectivity index is 1.65. The second kappa shape index (κ2) is 6.03. The van der Waals surface area contributed by atoms with Crippen molar-refractivity contribution in [3.05, 3.63) is 23.8 Å². The molecule has 21 heavy (non-hydrogen) atoms. The molecule has 5 heteroatoms. The number of likely N-dealkylation sites (N-methyl/N-ethyl adjacent to an activating group) is 1. The minimum atomic E-state index is 0.171. The van der Waals surface area contributed by atoms with E-state index in [9.17, 15) is 4.79 Å². The molecule has 0 aliphatic carbocycles. The number of ether oxygens (including phenoxy) is 1. The maximum Gasteiger partial charge on any atom is 0.176 e. The predicted octanol–water partition coefficient (Wildman–Crippen LogP) is 1.31. The molecular formula is C16H23N3O2. The Bertz CT molecular complexity index is 524. The molecule has 2 aliphatic rings. The van der Waals surface area contributed by atoms with E-state index in [4.69, 9.17) is 4.74 Å². The molecule has 1 unspecified atom stereocenters. The van der Waals surface area contributed by atoms with Crippen LogP contribution < -0.4 is 10.1 Å².